The predicted octanol–water partition coefficient (Wildman–Crippen LogP) is 4.32. The molecule has 2 heterocycles. The average Bonchev–Trinajstić information content (AvgIpc) is 3.00. The number of thiazole rings is 2. The van der Waals surface area contributed by atoms with Crippen LogP contribution in [0.3, 0.4) is 0 Å². The maximum atomic E-state index is 12.5. The Morgan fingerprint density at radius 2 is 2.05 bits per heavy atom. The van der Waals surface area contributed by atoms with Crippen LogP contribution in [0.1, 0.15) is 27.8 Å². The third-order valence-electron chi connectivity index (χ3n) is 2.99. The smallest absolute Gasteiger partial charge is 0.237 e. The van der Waals surface area contributed by atoms with Gasteiger partial charge in [0.2, 0.25) is 10.7 Å². The molecule has 0 N–H and O–H groups in total. The van der Waals surface area contributed by atoms with Gasteiger partial charge in [-0.2, -0.15) is 29.5 Å². The minimum Gasteiger partial charge on any atom is -0.237 e. The summed E-state index contributed by atoms with van der Waals surface area (Å²) in [5.41, 5.74) is 1.81. The van der Waals surface area contributed by atoms with Gasteiger partial charge in [0.25, 0.3) is 0 Å². The maximum absolute atomic E-state index is 12.5. The van der Waals surface area contributed by atoms with Crippen molar-refractivity contribution in [2.24, 2.45) is 0 Å². The molecule has 2 aromatic rings. The Morgan fingerprint density at radius 3 is 2.67 bits per heavy atom. The highest BCUT2D eigenvalue weighted by molar-refractivity contribution is 7.97. The molecule has 2 nitrogen and oxygen atoms in total. The summed E-state index contributed by atoms with van der Waals surface area (Å²) in [6.07, 6.45) is -0.892. The molecule has 0 spiro atoms. The molecule has 0 atom stereocenters. The number of alkyl halides is 3. The van der Waals surface area contributed by atoms with Crippen molar-refractivity contribution in [1.29, 1.82) is 0 Å². The third-order valence-corrected chi connectivity index (χ3v) is 5.47. The number of aryl methyl sites for hydroxylation is 2. The normalized spacial score (nSPS) is 12.0. The first kappa shape index (κ1) is 16.8. The number of rotatable bonds is 6. The number of hydrogen-bond acceptors (Lipinski definition) is 4. The lowest BCUT2D eigenvalue weighted by Gasteiger charge is -2.00. The second-order valence-electron chi connectivity index (χ2n) is 4.58. The van der Waals surface area contributed by atoms with Crippen molar-refractivity contribution >= 4 is 34.4 Å². The average molecular weight is 353 g/mol. The van der Waals surface area contributed by atoms with Crippen molar-refractivity contribution in [2.45, 2.75) is 38.2 Å². The van der Waals surface area contributed by atoms with Crippen LogP contribution in [0, 0.1) is 6.92 Å². The summed E-state index contributed by atoms with van der Waals surface area (Å²) in [6, 6.07) is 0. The Bertz CT molecular complexity index is 590. The van der Waals surface area contributed by atoms with E-state index >= 15 is 0 Å². The van der Waals surface area contributed by atoms with Gasteiger partial charge in [0.05, 0.1) is 16.8 Å². The second-order valence-corrected chi connectivity index (χ2v) is 7.36. The zero-order valence-corrected chi connectivity index (χ0v) is 14.2. The van der Waals surface area contributed by atoms with Gasteiger partial charge in [-0.3, -0.25) is 0 Å². The van der Waals surface area contributed by atoms with Crippen LogP contribution in [-0.4, -0.2) is 11.2 Å². The van der Waals surface area contributed by atoms with E-state index in [4.69, 9.17) is 0 Å². The van der Waals surface area contributed by atoms with Crippen molar-refractivity contribution in [2.75, 3.05) is 6.26 Å². The van der Waals surface area contributed by atoms with E-state index in [9.17, 15) is 13.2 Å². The lowest BCUT2D eigenvalue weighted by atomic mass is 10.2. The highest BCUT2D eigenvalue weighted by Gasteiger charge is 2.34. The van der Waals surface area contributed by atoms with Gasteiger partial charge in [-0.15, -0.1) is 11.3 Å². The summed E-state index contributed by atoms with van der Waals surface area (Å²) in [6.45, 7) is 2.89. The summed E-state index contributed by atoms with van der Waals surface area (Å²) >= 11 is 4.15. The zero-order chi connectivity index (χ0) is 15.5. The van der Waals surface area contributed by atoms with Crippen LogP contribution in [0.4, 0.5) is 13.2 Å². The highest BCUT2D eigenvalue weighted by atomic mass is 32.2. The Morgan fingerprint density at radius 1 is 1.29 bits per heavy atom. The SMILES string of the molecule is CSCc1csc(C)[n+]1CCCc1csc(C(F)(F)F)n1. The number of thioether (sulfide) groups is 1. The van der Waals surface area contributed by atoms with E-state index < -0.39 is 11.2 Å². The fourth-order valence-corrected chi connectivity index (χ4v) is 4.23. The molecule has 0 aromatic carbocycles. The van der Waals surface area contributed by atoms with E-state index in [0.717, 1.165) is 18.7 Å². The Balaban J connectivity index is 1.93. The van der Waals surface area contributed by atoms with Crippen LogP contribution < -0.4 is 4.57 Å². The third kappa shape index (κ3) is 4.43. The molecule has 0 fully saturated rings. The van der Waals surface area contributed by atoms with E-state index in [-0.39, 0.29) is 0 Å². The minimum atomic E-state index is -4.33. The summed E-state index contributed by atoms with van der Waals surface area (Å²) in [4.78, 5) is 3.66. The number of nitrogens with zero attached hydrogens (tertiary/aromatic N) is 2. The van der Waals surface area contributed by atoms with Crippen LogP contribution in [0.15, 0.2) is 10.8 Å². The van der Waals surface area contributed by atoms with Gasteiger partial charge < -0.3 is 0 Å². The van der Waals surface area contributed by atoms with Gasteiger partial charge in [-0.1, -0.05) is 11.3 Å². The summed E-state index contributed by atoms with van der Waals surface area (Å²) in [7, 11) is 0. The lowest BCUT2D eigenvalue weighted by molar-refractivity contribution is -0.704. The van der Waals surface area contributed by atoms with E-state index in [1.54, 1.807) is 23.1 Å². The van der Waals surface area contributed by atoms with Gasteiger partial charge in [-0.05, 0) is 12.7 Å². The molecule has 8 heteroatoms. The van der Waals surface area contributed by atoms with Crippen LogP contribution >= 0.6 is 34.4 Å². The molecule has 2 rings (SSSR count). The topological polar surface area (TPSA) is 16.8 Å². The molecule has 0 radical (unpaired) electrons. The monoisotopic (exact) mass is 353 g/mol. The lowest BCUT2D eigenvalue weighted by Crippen LogP contribution is -2.38. The molecule has 0 bridgehead atoms. The molecule has 116 valence electrons. The number of hydrogen-bond donors (Lipinski definition) is 0. The van der Waals surface area contributed by atoms with E-state index in [1.807, 2.05) is 0 Å². The van der Waals surface area contributed by atoms with Crippen LogP contribution in [0.2, 0.25) is 0 Å². The molecule has 0 saturated carbocycles. The quantitative estimate of drug-likeness (QED) is 0.720. The van der Waals surface area contributed by atoms with Crippen molar-refractivity contribution in [3.8, 4) is 0 Å². The fraction of sp³-hybridized carbons (Fsp3) is 0.538. The van der Waals surface area contributed by atoms with Gasteiger partial charge in [0, 0.05) is 18.7 Å². The Labute approximate surface area is 134 Å². The van der Waals surface area contributed by atoms with Crippen LogP contribution in [-0.2, 0) is 24.9 Å². The van der Waals surface area contributed by atoms with Gasteiger partial charge in [0.1, 0.15) is 6.54 Å². The molecule has 0 amide bonds. The van der Waals surface area contributed by atoms with E-state index in [2.05, 4.69) is 28.1 Å². The molecule has 21 heavy (non-hydrogen) atoms. The first-order chi connectivity index (χ1) is 9.91. The van der Waals surface area contributed by atoms with E-state index in [1.165, 1.54) is 16.1 Å². The van der Waals surface area contributed by atoms with Gasteiger partial charge >= 0.3 is 6.18 Å². The van der Waals surface area contributed by atoms with Gasteiger partial charge in [-0.25, -0.2) is 4.98 Å². The van der Waals surface area contributed by atoms with Crippen LogP contribution in [0.5, 0.6) is 0 Å². The van der Waals surface area contributed by atoms with Crippen LogP contribution in [0.25, 0.3) is 0 Å². The highest BCUT2D eigenvalue weighted by Crippen LogP contribution is 2.31. The molecule has 0 unspecified atom stereocenters. The Hall–Kier alpha value is -0.600. The predicted molar refractivity (Wildman–Crippen MR) is 81.9 cm³/mol. The fourth-order valence-electron chi connectivity index (χ4n) is 2.01. The standard InChI is InChI=1S/C13H16F3N2S3/c1-9-18(11(7-19-2)8-20-9)5-3-4-10-6-21-12(17-10)13(14,15)16/h6,8H,3-5,7H2,1-2H3/q+1. The van der Waals surface area contributed by atoms with Crippen molar-refractivity contribution in [1.82, 2.24) is 4.98 Å². The molecular weight excluding hydrogens is 337 g/mol. The Kier molecular flexibility index (Phi) is 5.67. The van der Waals surface area contributed by atoms with Crippen molar-refractivity contribution in [3.63, 3.8) is 0 Å². The second kappa shape index (κ2) is 7.11. The van der Waals surface area contributed by atoms with E-state index in [0.29, 0.717) is 23.5 Å². The minimum absolute atomic E-state index is 0.534. The van der Waals surface area contributed by atoms with Crippen molar-refractivity contribution in [3.05, 3.63) is 32.2 Å². The summed E-state index contributed by atoms with van der Waals surface area (Å²) in [5, 5.41) is 4.14. The first-order valence-electron chi connectivity index (χ1n) is 6.39. The van der Waals surface area contributed by atoms with Crippen molar-refractivity contribution < 1.29 is 17.7 Å². The molecular formula is C13H16F3N2S3+. The molecule has 0 saturated heterocycles. The largest absolute Gasteiger partial charge is 0.443 e. The number of halogens is 3. The zero-order valence-electron chi connectivity index (χ0n) is 11.7. The summed E-state index contributed by atoms with van der Waals surface area (Å²) in [5.74, 6) is 0.958. The molecule has 0 aliphatic heterocycles. The first-order valence-corrected chi connectivity index (χ1v) is 9.54. The van der Waals surface area contributed by atoms with Gasteiger partial charge in [0.15, 0.2) is 5.01 Å². The molecule has 0 aliphatic carbocycles. The number of aromatic nitrogens is 2. The molecule has 0 aliphatic rings. The maximum Gasteiger partial charge on any atom is 0.443 e. The molecule has 2 aromatic heterocycles. The summed E-state index contributed by atoms with van der Waals surface area (Å²) < 4.78 is 39.7.